The minimum absolute atomic E-state index is 0.271. The van der Waals surface area contributed by atoms with Crippen molar-refractivity contribution >= 4 is 17.4 Å². The molecule has 6 heteroatoms. The molecule has 0 bridgehead atoms. The summed E-state index contributed by atoms with van der Waals surface area (Å²) in [5.74, 6) is 1.95. The lowest BCUT2D eigenvalue weighted by molar-refractivity contribution is 0.412. The van der Waals surface area contributed by atoms with Crippen molar-refractivity contribution in [2.45, 2.75) is 6.92 Å². The van der Waals surface area contributed by atoms with Gasteiger partial charge in [0.1, 0.15) is 5.75 Å². The number of nitrogens with two attached hydrogens (primary N) is 1. The van der Waals surface area contributed by atoms with Gasteiger partial charge < -0.3 is 19.4 Å². The van der Waals surface area contributed by atoms with Gasteiger partial charge in [-0.15, -0.1) is 0 Å². The van der Waals surface area contributed by atoms with Crippen LogP contribution in [-0.4, -0.2) is 12.3 Å². The molecule has 2 heterocycles. The lowest BCUT2D eigenvalue weighted by Gasteiger charge is -2.07. The van der Waals surface area contributed by atoms with Gasteiger partial charge in [0.05, 0.1) is 12.7 Å². The fraction of sp³-hybridized carbons (Fsp3) is 0.133. The molecule has 0 aliphatic carbocycles. The SMILES string of the molecule is COc1cc(-c2c(N)noc2-c2ccc(Cl)o2)ccc1C. The molecular weight excluding hydrogens is 292 g/mol. The first-order chi connectivity index (χ1) is 10.1. The Morgan fingerprint density at radius 1 is 1.24 bits per heavy atom. The van der Waals surface area contributed by atoms with Crippen LogP contribution >= 0.6 is 11.6 Å². The average molecular weight is 305 g/mol. The van der Waals surface area contributed by atoms with E-state index in [1.54, 1.807) is 19.2 Å². The molecule has 2 N–H and O–H groups in total. The van der Waals surface area contributed by atoms with Crippen LogP contribution in [0.1, 0.15) is 5.56 Å². The number of nitrogen functional groups attached to an aromatic ring is 1. The van der Waals surface area contributed by atoms with Crippen molar-refractivity contribution in [3.05, 3.63) is 41.1 Å². The Kier molecular flexibility index (Phi) is 3.35. The minimum atomic E-state index is 0.271. The summed E-state index contributed by atoms with van der Waals surface area (Å²) in [4.78, 5) is 0. The molecule has 0 radical (unpaired) electrons. The van der Waals surface area contributed by atoms with Crippen molar-refractivity contribution in [3.63, 3.8) is 0 Å². The molecule has 0 aliphatic rings. The standard InChI is InChI=1S/C15H13ClN2O3/c1-8-3-4-9(7-11(8)19-2)13-14(21-18-15(13)17)10-5-6-12(16)20-10/h3-7H,1-2H3,(H2,17,18). The van der Waals surface area contributed by atoms with E-state index in [0.29, 0.717) is 17.1 Å². The van der Waals surface area contributed by atoms with Gasteiger partial charge in [-0.2, -0.15) is 0 Å². The molecule has 0 saturated carbocycles. The monoisotopic (exact) mass is 304 g/mol. The lowest BCUT2D eigenvalue weighted by Crippen LogP contribution is -1.91. The van der Waals surface area contributed by atoms with Crippen LogP contribution in [0, 0.1) is 6.92 Å². The van der Waals surface area contributed by atoms with E-state index < -0.39 is 0 Å². The number of benzene rings is 1. The number of ether oxygens (including phenoxy) is 1. The molecule has 0 amide bonds. The number of aryl methyl sites for hydroxylation is 1. The highest BCUT2D eigenvalue weighted by atomic mass is 35.5. The summed E-state index contributed by atoms with van der Waals surface area (Å²) in [5, 5.41) is 4.09. The number of methoxy groups -OCH3 is 1. The zero-order valence-electron chi connectivity index (χ0n) is 11.5. The summed E-state index contributed by atoms with van der Waals surface area (Å²) in [7, 11) is 1.62. The normalized spacial score (nSPS) is 10.8. The van der Waals surface area contributed by atoms with Gasteiger partial charge in [0.15, 0.2) is 16.8 Å². The van der Waals surface area contributed by atoms with Gasteiger partial charge >= 0.3 is 0 Å². The van der Waals surface area contributed by atoms with Crippen LogP contribution in [0.15, 0.2) is 39.3 Å². The average Bonchev–Trinajstić information content (AvgIpc) is 3.05. The van der Waals surface area contributed by atoms with Crippen molar-refractivity contribution < 1.29 is 13.7 Å². The summed E-state index contributed by atoms with van der Waals surface area (Å²) in [5.41, 5.74) is 8.44. The van der Waals surface area contributed by atoms with Crippen LogP contribution in [0.4, 0.5) is 5.82 Å². The molecule has 0 fully saturated rings. The molecule has 3 rings (SSSR count). The maximum Gasteiger partial charge on any atom is 0.212 e. The highest BCUT2D eigenvalue weighted by Gasteiger charge is 2.21. The van der Waals surface area contributed by atoms with E-state index in [-0.39, 0.29) is 11.0 Å². The number of anilines is 1. The van der Waals surface area contributed by atoms with E-state index >= 15 is 0 Å². The van der Waals surface area contributed by atoms with Gasteiger partial charge in [-0.3, -0.25) is 0 Å². The Labute approximate surface area is 126 Å². The number of rotatable bonds is 3. The summed E-state index contributed by atoms with van der Waals surface area (Å²) >= 11 is 5.80. The van der Waals surface area contributed by atoms with Gasteiger partial charge in [0.25, 0.3) is 0 Å². The molecule has 0 saturated heterocycles. The van der Waals surface area contributed by atoms with Crippen LogP contribution in [0.2, 0.25) is 5.22 Å². The lowest BCUT2D eigenvalue weighted by atomic mass is 10.0. The molecule has 2 aromatic heterocycles. The van der Waals surface area contributed by atoms with Crippen LogP contribution in [-0.2, 0) is 0 Å². The Morgan fingerprint density at radius 2 is 2.05 bits per heavy atom. The zero-order chi connectivity index (χ0) is 15.0. The molecule has 0 atom stereocenters. The molecule has 0 spiro atoms. The number of aromatic nitrogens is 1. The van der Waals surface area contributed by atoms with Gasteiger partial charge in [-0.1, -0.05) is 17.3 Å². The third-order valence-corrected chi connectivity index (χ3v) is 3.42. The Morgan fingerprint density at radius 3 is 2.71 bits per heavy atom. The highest BCUT2D eigenvalue weighted by Crippen LogP contribution is 2.39. The first kappa shape index (κ1) is 13.6. The summed E-state index contributed by atoms with van der Waals surface area (Å²) in [6, 6.07) is 9.09. The van der Waals surface area contributed by atoms with Crippen LogP contribution in [0.3, 0.4) is 0 Å². The molecule has 0 aliphatic heterocycles. The van der Waals surface area contributed by atoms with Crippen LogP contribution < -0.4 is 10.5 Å². The first-order valence-corrected chi connectivity index (χ1v) is 6.64. The number of hydrogen-bond acceptors (Lipinski definition) is 5. The second-order valence-corrected chi connectivity index (χ2v) is 4.93. The predicted octanol–water partition coefficient (Wildman–Crippen LogP) is 4.15. The maximum absolute atomic E-state index is 5.93. The van der Waals surface area contributed by atoms with Gasteiger partial charge in [-0.05, 0) is 47.9 Å². The summed E-state index contributed by atoms with van der Waals surface area (Å²) in [6.07, 6.45) is 0. The Bertz CT molecular complexity index is 792. The maximum atomic E-state index is 5.93. The second-order valence-electron chi connectivity index (χ2n) is 4.56. The van der Waals surface area contributed by atoms with Gasteiger partial charge in [-0.25, -0.2) is 0 Å². The molecule has 3 aromatic rings. The van der Waals surface area contributed by atoms with E-state index in [2.05, 4.69) is 5.16 Å². The third-order valence-electron chi connectivity index (χ3n) is 3.21. The van der Waals surface area contributed by atoms with Crippen molar-refractivity contribution in [2.75, 3.05) is 12.8 Å². The van der Waals surface area contributed by atoms with Crippen molar-refractivity contribution in [3.8, 4) is 28.4 Å². The Hall–Kier alpha value is -2.40. The molecule has 0 unspecified atom stereocenters. The molecule has 108 valence electrons. The van der Waals surface area contributed by atoms with Gasteiger partial charge in [0, 0.05) is 0 Å². The number of halogens is 1. The van der Waals surface area contributed by atoms with E-state index in [1.165, 1.54) is 0 Å². The number of hydrogen-bond donors (Lipinski definition) is 1. The quantitative estimate of drug-likeness (QED) is 0.786. The Balaban J connectivity index is 2.17. The molecule has 5 nitrogen and oxygen atoms in total. The summed E-state index contributed by atoms with van der Waals surface area (Å²) < 4.78 is 16.0. The van der Waals surface area contributed by atoms with Crippen LogP contribution in [0.5, 0.6) is 5.75 Å². The van der Waals surface area contributed by atoms with Gasteiger partial charge in [0.2, 0.25) is 5.76 Å². The predicted molar refractivity (Wildman–Crippen MR) is 80.4 cm³/mol. The second kappa shape index (κ2) is 5.18. The van der Waals surface area contributed by atoms with E-state index in [9.17, 15) is 0 Å². The molecule has 21 heavy (non-hydrogen) atoms. The highest BCUT2D eigenvalue weighted by molar-refractivity contribution is 6.29. The van der Waals surface area contributed by atoms with Crippen molar-refractivity contribution in [1.29, 1.82) is 0 Å². The van der Waals surface area contributed by atoms with E-state index in [0.717, 1.165) is 16.9 Å². The zero-order valence-corrected chi connectivity index (χ0v) is 12.3. The van der Waals surface area contributed by atoms with Crippen molar-refractivity contribution in [1.82, 2.24) is 5.16 Å². The largest absolute Gasteiger partial charge is 0.496 e. The molecule has 1 aromatic carbocycles. The fourth-order valence-electron chi connectivity index (χ4n) is 2.16. The smallest absolute Gasteiger partial charge is 0.212 e. The van der Waals surface area contributed by atoms with E-state index in [4.69, 9.17) is 31.0 Å². The fourth-order valence-corrected chi connectivity index (χ4v) is 2.31. The third kappa shape index (κ3) is 2.36. The van der Waals surface area contributed by atoms with Crippen molar-refractivity contribution in [2.24, 2.45) is 0 Å². The van der Waals surface area contributed by atoms with E-state index in [1.807, 2.05) is 25.1 Å². The number of nitrogens with zero attached hydrogens (tertiary/aromatic N) is 1. The number of furan rings is 1. The summed E-state index contributed by atoms with van der Waals surface area (Å²) in [6.45, 7) is 1.97. The topological polar surface area (TPSA) is 74.4 Å². The first-order valence-electron chi connectivity index (χ1n) is 6.26. The molecular formula is C15H13ClN2O3. The van der Waals surface area contributed by atoms with Crippen LogP contribution in [0.25, 0.3) is 22.6 Å². The minimum Gasteiger partial charge on any atom is -0.496 e.